The van der Waals surface area contributed by atoms with Crippen molar-refractivity contribution in [2.75, 3.05) is 6.54 Å². The lowest BCUT2D eigenvalue weighted by Crippen LogP contribution is -2.36. The van der Waals surface area contributed by atoms with E-state index < -0.39 is 0 Å². The van der Waals surface area contributed by atoms with Crippen LogP contribution in [0.25, 0.3) is 0 Å². The molecule has 0 heterocycles. The standard InChI is InChI=1S/C11H21N/c1-9(2)7-10(3)8-12-11(4,5)6/h7,12H,1,8H2,2-6H3. The first-order valence-electron chi connectivity index (χ1n) is 4.39. The third-order valence-electron chi connectivity index (χ3n) is 1.39. The third-order valence-corrected chi connectivity index (χ3v) is 1.39. The van der Waals surface area contributed by atoms with Crippen LogP contribution in [0.2, 0.25) is 0 Å². The SMILES string of the molecule is C=C(C)C=C(C)CNC(C)(C)C. The van der Waals surface area contributed by atoms with Gasteiger partial charge in [0.25, 0.3) is 0 Å². The molecule has 0 unspecified atom stereocenters. The molecule has 12 heavy (non-hydrogen) atoms. The van der Waals surface area contributed by atoms with Gasteiger partial charge in [0.05, 0.1) is 0 Å². The van der Waals surface area contributed by atoms with Gasteiger partial charge in [-0.05, 0) is 34.6 Å². The Hall–Kier alpha value is -0.560. The van der Waals surface area contributed by atoms with Gasteiger partial charge in [0, 0.05) is 12.1 Å². The monoisotopic (exact) mass is 167 g/mol. The Morgan fingerprint density at radius 2 is 1.83 bits per heavy atom. The smallest absolute Gasteiger partial charge is 0.0169 e. The zero-order chi connectivity index (χ0) is 9.78. The van der Waals surface area contributed by atoms with E-state index in [9.17, 15) is 0 Å². The minimum atomic E-state index is 0.199. The Morgan fingerprint density at radius 3 is 2.17 bits per heavy atom. The minimum Gasteiger partial charge on any atom is -0.308 e. The molecule has 0 saturated carbocycles. The molecule has 0 aromatic heterocycles. The number of allylic oxidation sites excluding steroid dienone is 2. The molecular formula is C11H21N. The first-order chi connectivity index (χ1) is 5.31. The van der Waals surface area contributed by atoms with E-state index in [1.807, 2.05) is 6.92 Å². The highest BCUT2D eigenvalue weighted by Crippen LogP contribution is 2.02. The highest BCUT2D eigenvalue weighted by atomic mass is 14.9. The maximum Gasteiger partial charge on any atom is 0.0169 e. The molecule has 0 atom stereocenters. The number of rotatable bonds is 3. The van der Waals surface area contributed by atoms with Crippen molar-refractivity contribution in [1.82, 2.24) is 5.32 Å². The molecule has 1 N–H and O–H groups in total. The Bertz CT molecular complexity index is 182. The van der Waals surface area contributed by atoms with Gasteiger partial charge >= 0.3 is 0 Å². The quantitative estimate of drug-likeness (QED) is 0.637. The van der Waals surface area contributed by atoms with Crippen LogP contribution in [0.15, 0.2) is 23.8 Å². The Labute approximate surface area is 76.6 Å². The second-order valence-electron chi connectivity index (χ2n) is 4.44. The van der Waals surface area contributed by atoms with Crippen LogP contribution in [-0.2, 0) is 0 Å². The van der Waals surface area contributed by atoms with Crippen molar-refractivity contribution < 1.29 is 0 Å². The highest BCUT2D eigenvalue weighted by molar-refractivity contribution is 5.18. The van der Waals surface area contributed by atoms with Crippen molar-refractivity contribution in [3.05, 3.63) is 23.8 Å². The summed E-state index contributed by atoms with van der Waals surface area (Å²) >= 11 is 0. The maximum atomic E-state index is 3.84. The molecule has 70 valence electrons. The van der Waals surface area contributed by atoms with Crippen molar-refractivity contribution in [3.8, 4) is 0 Å². The molecule has 0 aliphatic heterocycles. The van der Waals surface area contributed by atoms with Crippen LogP contribution >= 0.6 is 0 Å². The van der Waals surface area contributed by atoms with Gasteiger partial charge < -0.3 is 5.32 Å². The van der Waals surface area contributed by atoms with Gasteiger partial charge in [0.15, 0.2) is 0 Å². The second-order valence-corrected chi connectivity index (χ2v) is 4.44. The predicted molar refractivity (Wildman–Crippen MR) is 56.3 cm³/mol. The number of hydrogen-bond donors (Lipinski definition) is 1. The van der Waals surface area contributed by atoms with Gasteiger partial charge in [-0.3, -0.25) is 0 Å². The van der Waals surface area contributed by atoms with Crippen LogP contribution in [0.4, 0.5) is 0 Å². The Morgan fingerprint density at radius 1 is 1.33 bits per heavy atom. The van der Waals surface area contributed by atoms with Gasteiger partial charge in [-0.2, -0.15) is 0 Å². The van der Waals surface area contributed by atoms with Crippen molar-refractivity contribution in [1.29, 1.82) is 0 Å². The molecule has 0 amide bonds. The molecule has 0 bridgehead atoms. The topological polar surface area (TPSA) is 12.0 Å². The van der Waals surface area contributed by atoms with Gasteiger partial charge in [-0.1, -0.05) is 23.8 Å². The summed E-state index contributed by atoms with van der Waals surface area (Å²) < 4.78 is 0. The summed E-state index contributed by atoms with van der Waals surface area (Å²) in [5.41, 5.74) is 2.64. The molecular weight excluding hydrogens is 146 g/mol. The van der Waals surface area contributed by atoms with E-state index in [4.69, 9.17) is 0 Å². The van der Waals surface area contributed by atoms with Gasteiger partial charge in [-0.25, -0.2) is 0 Å². The van der Waals surface area contributed by atoms with Gasteiger partial charge in [-0.15, -0.1) is 0 Å². The van der Waals surface area contributed by atoms with Gasteiger partial charge in [0.1, 0.15) is 0 Å². The average Bonchev–Trinajstić information content (AvgIpc) is 1.80. The number of nitrogens with one attached hydrogen (secondary N) is 1. The lowest BCUT2D eigenvalue weighted by atomic mass is 10.1. The lowest BCUT2D eigenvalue weighted by molar-refractivity contribution is 0.444. The van der Waals surface area contributed by atoms with E-state index in [2.05, 4.69) is 45.7 Å². The summed E-state index contributed by atoms with van der Waals surface area (Å²) in [4.78, 5) is 0. The van der Waals surface area contributed by atoms with Crippen LogP contribution in [0.1, 0.15) is 34.6 Å². The Kier molecular flexibility index (Phi) is 4.25. The minimum absolute atomic E-state index is 0.199. The van der Waals surface area contributed by atoms with Crippen LogP contribution in [0.3, 0.4) is 0 Å². The van der Waals surface area contributed by atoms with Crippen molar-refractivity contribution in [2.45, 2.75) is 40.2 Å². The molecule has 0 aromatic carbocycles. The van der Waals surface area contributed by atoms with E-state index in [1.54, 1.807) is 0 Å². The molecule has 1 nitrogen and oxygen atoms in total. The first kappa shape index (κ1) is 11.4. The fraction of sp³-hybridized carbons (Fsp3) is 0.636. The summed E-state index contributed by atoms with van der Waals surface area (Å²) in [5, 5.41) is 3.42. The summed E-state index contributed by atoms with van der Waals surface area (Å²) in [6.45, 7) is 15.4. The average molecular weight is 167 g/mol. The maximum absolute atomic E-state index is 3.84. The summed E-state index contributed by atoms with van der Waals surface area (Å²) in [7, 11) is 0. The van der Waals surface area contributed by atoms with Crippen molar-refractivity contribution in [3.63, 3.8) is 0 Å². The zero-order valence-electron chi connectivity index (χ0n) is 8.99. The summed E-state index contributed by atoms with van der Waals surface area (Å²) in [6.07, 6.45) is 2.11. The second kappa shape index (κ2) is 4.46. The molecule has 0 rings (SSSR count). The summed E-state index contributed by atoms with van der Waals surface area (Å²) in [6, 6.07) is 0. The zero-order valence-corrected chi connectivity index (χ0v) is 8.99. The first-order valence-corrected chi connectivity index (χ1v) is 4.39. The van der Waals surface area contributed by atoms with Crippen LogP contribution in [-0.4, -0.2) is 12.1 Å². The van der Waals surface area contributed by atoms with Crippen LogP contribution in [0, 0.1) is 0 Å². The number of hydrogen-bond acceptors (Lipinski definition) is 1. The van der Waals surface area contributed by atoms with E-state index in [-0.39, 0.29) is 5.54 Å². The molecule has 0 spiro atoms. The molecule has 1 heteroatoms. The molecule has 0 fully saturated rings. The fourth-order valence-electron chi connectivity index (χ4n) is 0.876. The van der Waals surface area contributed by atoms with Crippen molar-refractivity contribution in [2.24, 2.45) is 0 Å². The van der Waals surface area contributed by atoms with E-state index >= 15 is 0 Å². The highest BCUT2D eigenvalue weighted by Gasteiger charge is 2.07. The summed E-state index contributed by atoms with van der Waals surface area (Å²) in [5.74, 6) is 0. The normalized spacial score (nSPS) is 13.2. The fourth-order valence-corrected chi connectivity index (χ4v) is 0.876. The van der Waals surface area contributed by atoms with E-state index in [1.165, 1.54) is 5.57 Å². The molecule has 0 radical (unpaired) electrons. The van der Waals surface area contributed by atoms with Crippen molar-refractivity contribution >= 4 is 0 Å². The molecule has 0 aliphatic rings. The third kappa shape index (κ3) is 7.55. The molecule has 0 saturated heterocycles. The largest absolute Gasteiger partial charge is 0.308 e. The lowest BCUT2D eigenvalue weighted by Gasteiger charge is -2.20. The predicted octanol–water partition coefficient (Wildman–Crippen LogP) is 2.90. The van der Waals surface area contributed by atoms with Gasteiger partial charge in [0.2, 0.25) is 0 Å². The van der Waals surface area contributed by atoms with Crippen LogP contribution in [0.5, 0.6) is 0 Å². The van der Waals surface area contributed by atoms with E-state index in [0.717, 1.165) is 12.1 Å². The van der Waals surface area contributed by atoms with E-state index in [0.29, 0.717) is 0 Å². The molecule has 0 aliphatic carbocycles. The molecule has 0 aromatic rings. The Balaban J connectivity index is 3.87. The van der Waals surface area contributed by atoms with Crippen LogP contribution < -0.4 is 5.32 Å².